The lowest BCUT2D eigenvalue weighted by Gasteiger charge is -2.26. The number of nitrogens with zero attached hydrogens (tertiary/aromatic N) is 1. The predicted octanol–water partition coefficient (Wildman–Crippen LogP) is 2.14. The topological polar surface area (TPSA) is 62.9 Å². The summed E-state index contributed by atoms with van der Waals surface area (Å²) < 4.78 is 10.9. The van der Waals surface area contributed by atoms with Crippen LogP contribution in [0.2, 0.25) is 0 Å². The summed E-state index contributed by atoms with van der Waals surface area (Å²) in [6.45, 7) is 4.95. The van der Waals surface area contributed by atoms with Gasteiger partial charge in [-0.05, 0) is 38.8 Å². The third kappa shape index (κ3) is 3.81. The predicted molar refractivity (Wildman–Crippen MR) is 70.3 cm³/mol. The van der Waals surface area contributed by atoms with Gasteiger partial charge in [-0.3, -0.25) is 4.90 Å². The molecule has 0 radical (unpaired) electrons. The van der Waals surface area contributed by atoms with Gasteiger partial charge in [-0.15, -0.1) is 0 Å². The second-order valence-corrected chi connectivity index (χ2v) is 5.27. The number of hydrogen-bond acceptors (Lipinski definition) is 4. The molecule has 0 spiro atoms. The summed E-state index contributed by atoms with van der Waals surface area (Å²) in [7, 11) is 2.02. The first kappa shape index (κ1) is 14.1. The Hall–Kier alpha value is -1.33. The standard InChI is InChI=1S/C14H21NO4/c1-10-13(14(16)17)6-12(19-10)8-15(2)7-11-4-3-5-18-9-11/h6,11H,3-5,7-9H2,1-2H3,(H,16,17). The average molecular weight is 267 g/mol. The maximum absolute atomic E-state index is 10.9. The first-order valence-corrected chi connectivity index (χ1v) is 6.65. The van der Waals surface area contributed by atoms with Crippen molar-refractivity contribution < 1.29 is 19.1 Å². The van der Waals surface area contributed by atoms with E-state index >= 15 is 0 Å². The van der Waals surface area contributed by atoms with E-state index in [4.69, 9.17) is 14.3 Å². The Kier molecular flexibility index (Phi) is 4.61. The van der Waals surface area contributed by atoms with Gasteiger partial charge in [0.2, 0.25) is 0 Å². The number of aryl methyl sites for hydroxylation is 1. The van der Waals surface area contributed by atoms with Crippen molar-refractivity contribution in [2.45, 2.75) is 26.3 Å². The van der Waals surface area contributed by atoms with Gasteiger partial charge in [0.1, 0.15) is 17.1 Å². The summed E-state index contributed by atoms with van der Waals surface area (Å²) >= 11 is 0. The van der Waals surface area contributed by atoms with Crippen molar-refractivity contribution in [2.75, 3.05) is 26.8 Å². The van der Waals surface area contributed by atoms with Crippen molar-refractivity contribution in [3.8, 4) is 0 Å². The highest BCUT2D eigenvalue weighted by Gasteiger charge is 2.18. The Labute approximate surface area is 113 Å². The van der Waals surface area contributed by atoms with Crippen molar-refractivity contribution in [3.05, 3.63) is 23.2 Å². The van der Waals surface area contributed by atoms with E-state index in [2.05, 4.69) is 4.90 Å². The van der Waals surface area contributed by atoms with Gasteiger partial charge in [-0.2, -0.15) is 0 Å². The molecule has 0 amide bonds. The van der Waals surface area contributed by atoms with Crippen LogP contribution in [-0.4, -0.2) is 42.8 Å². The summed E-state index contributed by atoms with van der Waals surface area (Å²) in [6, 6.07) is 1.62. The van der Waals surface area contributed by atoms with E-state index in [0.717, 1.165) is 26.2 Å². The molecule has 1 N–H and O–H groups in total. The fraction of sp³-hybridized carbons (Fsp3) is 0.643. The van der Waals surface area contributed by atoms with Gasteiger partial charge in [-0.1, -0.05) is 0 Å². The zero-order valence-electron chi connectivity index (χ0n) is 11.5. The molecule has 0 bridgehead atoms. The smallest absolute Gasteiger partial charge is 0.339 e. The van der Waals surface area contributed by atoms with E-state index in [1.807, 2.05) is 7.05 Å². The van der Waals surface area contributed by atoms with Gasteiger partial charge in [0.25, 0.3) is 0 Å². The number of ether oxygens (including phenoxy) is 1. The van der Waals surface area contributed by atoms with Gasteiger partial charge >= 0.3 is 5.97 Å². The maximum atomic E-state index is 10.9. The van der Waals surface area contributed by atoms with Gasteiger partial charge in [0.05, 0.1) is 13.2 Å². The van der Waals surface area contributed by atoms with Gasteiger partial charge in [0.15, 0.2) is 0 Å². The SMILES string of the molecule is Cc1oc(CN(C)CC2CCCOC2)cc1C(=O)O. The lowest BCUT2D eigenvalue weighted by Crippen LogP contribution is -2.30. The van der Waals surface area contributed by atoms with Crippen LogP contribution in [0.4, 0.5) is 0 Å². The molecule has 1 atom stereocenters. The lowest BCUT2D eigenvalue weighted by molar-refractivity contribution is 0.0403. The molecule has 5 heteroatoms. The molecule has 1 aliphatic rings. The normalized spacial score (nSPS) is 19.8. The van der Waals surface area contributed by atoms with Crippen molar-refractivity contribution >= 4 is 5.97 Å². The Morgan fingerprint density at radius 2 is 2.37 bits per heavy atom. The molecule has 1 fully saturated rings. The van der Waals surface area contributed by atoms with Gasteiger partial charge in [0, 0.05) is 13.2 Å². The minimum atomic E-state index is -0.934. The monoisotopic (exact) mass is 267 g/mol. The van der Waals surface area contributed by atoms with E-state index in [0.29, 0.717) is 24.0 Å². The number of hydrogen-bond donors (Lipinski definition) is 1. The van der Waals surface area contributed by atoms with Crippen LogP contribution in [0, 0.1) is 12.8 Å². The molecule has 0 saturated carbocycles. The molecule has 1 saturated heterocycles. The summed E-state index contributed by atoms with van der Waals surface area (Å²) in [5, 5.41) is 8.98. The van der Waals surface area contributed by atoms with Crippen LogP contribution in [0.15, 0.2) is 10.5 Å². The summed E-state index contributed by atoms with van der Waals surface area (Å²) in [5.74, 6) is 0.801. The molecule has 2 rings (SSSR count). The molecule has 1 unspecified atom stereocenters. The number of furan rings is 1. The Morgan fingerprint density at radius 3 is 2.95 bits per heavy atom. The largest absolute Gasteiger partial charge is 0.478 e. The van der Waals surface area contributed by atoms with Gasteiger partial charge in [-0.25, -0.2) is 4.79 Å². The number of carbonyl (C=O) groups is 1. The molecular formula is C14H21NO4. The summed E-state index contributed by atoms with van der Waals surface area (Å²) in [5.41, 5.74) is 0.254. The van der Waals surface area contributed by atoms with Crippen LogP contribution in [0.3, 0.4) is 0 Å². The fourth-order valence-electron chi connectivity index (χ4n) is 2.56. The molecule has 2 heterocycles. The number of aromatic carboxylic acids is 1. The molecular weight excluding hydrogens is 246 g/mol. The van der Waals surface area contributed by atoms with Crippen molar-refractivity contribution in [2.24, 2.45) is 5.92 Å². The Balaban J connectivity index is 1.89. The van der Waals surface area contributed by atoms with Crippen LogP contribution < -0.4 is 0 Å². The molecule has 19 heavy (non-hydrogen) atoms. The van der Waals surface area contributed by atoms with E-state index < -0.39 is 5.97 Å². The van der Waals surface area contributed by atoms with E-state index in [1.165, 1.54) is 6.42 Å². The zero-order valence-corrected chi connectivity index (χ0v) is 11.5. The maximum Gasteiger partial charge on any atom is 0.339 e. The van der Waals surface area contributed by atoms with E-state index in [1.54, 1.807) is 13.0 Å². The zero-order chi connectivity index (χ0) is 13.8. The Bertz CT molecular complexity index is 435. The summed E-state index contributed by atoms with van der Waals surface area (Å²) in [4.78, 5) is 13.1. The third-order valence-corrected chi connectivity index (χ3v) is 3.45. The number of carboxylic acid groups (broad SMARTS) is 1. The minimum Gasteiger partial charge on any atom is -0.478 e. The molecule has 1 aromatic rings. The second-order valence-electron chi connectivity index (χ2n) is 5.27. The first-order valence-electron chi connectivity index (χ1n) is 6.65. The van der Waals surface area contributed by atoms with Crippen LogP contribution in [0.1, 0.15) is 34.7 Å². The van der Waals surface area contributed by atoms with Crippen molar-refractivity contribution in [3.63, 3.8) is 0 Å². The number of rotatable bonds is 5. The van der Waals surface area contributed by atoms with Crippen LogP contribution >= 0.6 is 0 Å². The van der Waals surface area contributed by atoms with E-state index in [9.17, 15) is 4.79 Å². The van der Waals surface area contributed by atoms with E-state index in [-0.39, 0.29) is 5.56 Å². The first-order chi connectivity index (χ1) is 9.06. The fourth-order valence-corrected chi connectivity index (χ4v) is 2.56. The van der Waals surface area contributed by atoms with Crippen molar-refractivity contribution in [1.29, 1.82) is 0 Å². The third-order valence-electron chi connectivity index (χ3n) is 3.45. The quantitative estimate of drug-likeness (QED) is 0.885. The molecule has 5 nitrogen and oxygen atoms in total. The molecule has 0 aliphatic carbocycles. The van der Waals surface area contributed by atoms with Crippen LogP contribution in [0.5, 0.6) is 0 Å². The molecule has 106 valence electrons. The number of carboxylic acids is 1. The minimum absolute atomic E-state index is 0.254. The highest BCUT2D eigenvalue weighted by molar-refractivity contribution is 5.88. The second kappa shape index (κ2) is 6.21. The molecule has 0 aromatic carbocycles. The molecule has 1 aromatic heterocycles. The van der Waals surface area contributed by atoms with Crippen molar-refractivity contribution in [1.82, 2.24) is 4.90 Å². The van der Waals surface area contributed by atoms with Crippen LogP contribution in [0.25, 0.3) is 0 Å². The Morgan fingerprint density at radius 1 is 1.58 bits per heavy atom. The highest BCUT2D eigenvalue weighted by Crippen LogP contribution is 2.18. The summed E-state index contributed by atoms with van der Waals surface area (Å²) in [6.07, 6.45) is 2.32. The molecule has 1 aliphatic heterocycles. The van der Waals surface area contributed by atoms with Crippen LogP contribution in [-0.2, 0) is 11.3 Å². The average Bonchev–Trinajstić information content (AvgIpc) is 2.71. The lowest BCUT2D eigenvalue weighted by atomic mass is 10.0. The van der Waals surface area contributed by atoms with Gasteiger partial charge < -0.3 is 14.3 Å². The highest BCUT2D eigenvalue weighted by atomic mass is 16.5.